The molecule has 0 heterocycles. The van der Waals surface area contributed by atoms with Gasteiger partial charge in [0, 0.05) is 6.04 Å². The highest BCUT2D eigenvalue weighted by Crippen LogP contribution is 2.26. The van der Waals surface area contributed by atoms with E-state index in [4.69, 9.17) is 0 Å². The molecule has 0 spiro atoms. The van der Waals surface area contributed by atoms with Gasteiger partial charge >= 0.3 is 0 Å². The van der Waals surface area contributed by atoms with Gasteiger partial charge in [0.2, 0.25) is 0 Å². The Kier molecular flexibility index (Phi) is 5.37. The molecule has 1 aliphatic rings. The van der Waals surface area contributed by atoms with Gasteiger partial charge in [-0.25, -0.2) is 0 Å². The largest absolute Gasteiger partial charge is 0.314 e. The number of halogens is 1. The van der Waals surface area contributed by atoms with Crippen LogP contribution in [-0.4, -0.2) is 19.3 Å². The van der Waals surface area contributed by atoms with Gasteiger partial charge in [0.25, 0.3) is 0 Å². The first-order valence-corrected chi connectivity index (χ1v) is 5.64. The van der Waals surface area contributed by atoms with Gasteiger partial charge in [-0.1, -0.05) is 19.3 Å². The molecule has 1 rings (SSSR count). The Bertz CT molecular complexity index is 121. The van der Waals surface area contributed by atoms with Crippen LogP contribution in [0.25, 0.3) is 0 Å². The van der Waals surface area contributed by atoms with E-state index in [1.54, 1.807) is 0 Å². The van der Waals surface area contributed by atoms with E-state index in [1.165, 1.54) is 32.1 Å². The predicted molar refractivity (Wildman–Crippen MR) is 54.6 cm³/mol. The zero-order valence-electron chi connectivity index (χ0n) is 8.69. The third kappa shape index (κ3) is 4.08. The third-order valence-corrected chi connectivity index (χ3v) is 3.13. The Balaban J connectivity index is 2.09. The van der Waals surface area contributed by atoms with Gasteiger partial charge in [0.1, 0.15) is 0 Å². The predicted octanol–water partition coefficient (Wildman–Crippen LogP) is 2.90. The molecule has 1 fully saturated rings. The van der Waals surface area contributed by atoms with Crippen molar-refractivity contribution < 1.29 is 4.39 Å². The molecule has 0 bridgehead atoms. The van der Waals surface area contributed by atoms with Crippen LogP contribution in [0.5, 0.6) is 0 Å². The van der Waals surface area contributed by atoms with Gasteiger partial charge in [0.05, 0.1) is 6.67 Å². The van der Waals surface area contributed by atoms with Crippen molar-refractivity contribution in [1.29, 1.82) is 0 Å². The topological polar surface area (TPSA) is 12.0 Å². The second-order valence-corrected chi connectivity index (χ2v) is 4.18. The molecule has 1 nitrogen and oxygen atoms in total. The first kappa shape index (κ1) is 11.0. The molecule has 78 valence electrons. The van der Waals surface area contributed by atoms with Crippen molar-refractivity contribution in [2.75, 3.05) is 13.2 Å². The zero-order valence-corrected chi connectivity index (χ0v) is 8.69. The van der Waals surface area contributed by atoms with Crippen LogP contribution in [-0.2, 0) is 0 Å². The van der Waals surface area contributed by atoms with Crippen LogP contribution in [0.2, 0.25) is 0 Å². The fraction of sp³-hybridized carbons (Fsp3) is 1.00. The minimum Gasteiger partial charge on any atom is -0.314 e. The van der Waals surface area contributed by atoms with Gasteiger partial charge < -0.3 is 5.32 Å². The van der Waals surface area contributed by atoms with E-state index >= 15 is 0 Å². The fourth-order valence-corrected chi connectivity index (χ4v) is 2.20. The number of rotatable bonds is 5. The van der Waals surface area contributed by atoms with Crippen LogP contribution in [0.3, 0.4) is 0 Å². The molecule has 1 atom stereocenters. The summed E-state index contributed by atoms with van der Waals surface area (Å²) in [7, 11) is 0. The van der Waals surface area contributed by atoms with E-state index in [2.05, 4.69) is 12.2 Å². The third-order valence-electron chi connectivity index (χ3n) is 3.13. The summed E-state index contributed by atoms with van der Waals surface area (Å²) in [6.07, 6.45) is 7.58. The molecule has 0 amide bonds. The summed E-state index contributed by atoms with van der Waals surface area (Å²) in [5, 5.41) is 3.41. The van der Waals surface area contributed by atoms with Crippen LogP contribution in [0.15, 0.2) is 0 Å². The molecule has 2 heteroatoms. The van der Waals surface area contributed by atoms with E-state index in [0.717, 1.165) is 12.5 Å². The molecule has 0 aromatic rings. The minimum atomic E-state index is -0.190. The van der Waals surface area contributed by atoms with Gasteiger partial charge in [-0.2, -0.15) is 0 Å². The molecule has 13 heavy (non-hydrogen) atoms. The molecule has 0 aliphatic heterocycles. The monoisotopic (exact) mass is 187 g/mol. The van der Waals surface area contributed by atoms with E-state index in [1.807, 2.05) is 0 Å². The number of hydrogen-bond donors (Lipinski definition) is 1. The van der Waals surface area contributed by atoms with E-state index in [0.29, 0.717) is 12.5 Å². The van der Waals surface area contributed by atoms with Crippen molar-refractivity contribution in [2.45, 2.75) is 51.5 Å². The molecular weight excluding hydrogens is 165 g/mol. The Morgan fingerprint density at radius 3 is 2.62 bits per heavy atom. The number of nitrogens with one attached hydrogen (secondary N) is 1. The van der Waals surface area contributed by atoms with Gasteiger partial charge in [0.15, 0.2) is 0 Å². The second-order valence-electron chi connectivity index (χ2n) is 4.18. The minimum absolute atomic E-state index is 0.190. The fourth-order valence-electron chi connectivity index (χ4n) is 2.20. The van der Waals surface area contributed by atoms with Crippen molar-refractivity contribution in [3.63, 3.8) is 0 Å². The number of hydrogen-bond acceptors (Lipinski definition) is 1. The molecule has 0 radical (unpaired) electrons. The highest BCUT2D eigenvalue weighted by molar-refractivity contribution is 4.75. The Morgan fingerprint density at radius 2 is 2.00 bits per heavy atom. The van der Waals surface area contributed by atoms with Crippen molar-refractivity contribution in [3.05, 3.63) is 0 Å². The lowest BCUT2D eigenvalue weighted by Crippen LogP contribution is -2.35. The molecule has 1 saturated carbocycles. The normalized spacial score (nSPS) is 21.7. The highest BCUT2D eigenvalue weighted by Gasteiger charge is 2.18. The summed E-state index contributed by atoms with van der Waals surface area (Å²) >= 11 is 0. The van der Waals surface area contributed by atoms with E-state index < -0.39 is 0 Å². The molecular formula is C11H22FN. The van der Waals surface area contributed by atoms with Crippen molar-refractivity contribution in [1.82, 2.24) is 5.32 Å². The Labute approximate surface area is 81.1 Å². The quantitative estimate of drug-likeness (QED) is 0.653. The molecule has 1 aliphatic carbocycles. The van der Waals surface area contributed by atoms with Crippen molar-refractivity contribution >= 4 is 0 Å². The van der Waals surface area contributed by atoms with Crippen LogP contribution >= 0.6 is 0 Å². The van der Waals surface area contributed by atoms with E-state index in [9.17, 15) is 4.39 Å². The summed E-state index contributed by atoms with van der Waals surface area (Å²) in [5.74, 6) is 0.841. The SMILES string of the molecule is C[C@@H](NCCCF)C1CCCCC1. The summed E-state index contributed by atoms with van der Waals surface area (Å²) in [6.45, 7) is 2.90. The average molecular weight is 187 g/mol. The lowest BCUT2D eigenvalue weighted by Gasteiger charge is -2.28. The van der Waals surface area contributed by atoms with Crippen molar-refractivity contribution in [2.24, 2.45) is 5.92 Å². The second kappa shape index (κ2) is 6.36. The van der Waals surface area contributed by atoms with Crippen LogP contribution in [0, 0.1) is 5.92 Å². The van der Waals surface area contributed by atoms with Gasteiger partial charge in [-0.3, -0.25) is 4.39 Å². The summed E-state index contributed by atoms with van der Waals surface area (Å²) < 4.78 is 11.8. The highest BCUT2D eigenvalue weighted by atomic mass is 19.1. The summed E-state index contributed by atoms with van der Waals surface area (Å²) in [4.78, 5) is 0. The number of alkyl halides is 1. The van der Waals surface area contributed by atoms with Crippen molar-refractivity contribution in [3.8, 4) is 0 Å². The molecule has 0 aromatic carbocycles. The molecule has 0 saturated heterocycles. The smallest absolute Gasteiger partial charge is 0.0906 e. The standard InChI is InChI=1S/C11H22FN/c1-10(13-9-5-8-12)11-6-3-2-4-7-11/h10-11,13H,2-9H2,1H3/t10-/m1/s1. The van der Waals surface area contributed by atoms with Gasteiger partial charge in [-0.05, 0) is 38.6 Å². The Morgan fingerprint density at radius 1 is 1.31 bits per heavy atom. The lowest BCUT2D eigenvalue weighted by atomic mass is 9.84. The first-order chi connectivity index (χ1) is 6.34. The Hall–Kier alpha value is -0.110. The van der Waals surface area contributed by atoms with Crippen LogP contribution < -0.4 is 5.32 Å². The van der Waals surface area contributed by atoms with E-state index in [-0.39, 0.29) is 6.67 Å². The maximum Gasteiger partial charge on any atom is 0.0906 e. The molecule has 0 unspecified atom stereocenters. The van der Waals surface area contributed by atoms with Crippen LogP contribution in [0.1, 0.15) is 45.4 Å². The molecule has 1 N–H and O–H groups in total. The molecule has 0 aromatic heterocycles. The summed E-state index contributed by atoms with van der Waals surface area (Å²) in [6, 6.07) is 0.590. The zero-order chi connectivity index (χ0) is 9.52. The average Bonchev–Trinajstić information content (AvgIpc) is 2.19. The van der Waals surface area contributed by atoms with Crippen LogP contribution in [0.4, 0.5) is 4.39 Å². The van der Waals surface area contributed by atoms with Gasteiger partial charge in [-0.15, -0.1) is 0 Å². The lowest BCUT2D eigenvalue weighted by molar-refractivity contribution is 0.279. The summed E-state index contributed by atoms with van der Waals surface area (Å²) in [5.41, 5.74) is 0. The first-order valence-electron chi connectivity index (χ1n) is 5.64. The maximum atomic E-state index is 11.8. The maximum absolute atomic E-state index is 11.8.